The average Bonchev–Trinajstić information content (AvgIpc) is 2.86. The van der Waals surface area contributed by atoms with Gasteiger partial charge in [0.1, 0.15) is 17.9 Å². The predicted molar refractivity (Wildman–Crippen MR) is 127 cm³/mol. The smallest absolute Gasteiger partial charge is 0.338 e. The van der Waals surface area contributed by atoms with Crippen LogP contribution in [0.3, 0.4) is 0 Å². The van der Waals surface area contributed by atoms with Crippen molar-refractivity contribution in [3.05, 3.63) is 105 Å². The monoisotopic (exact) mass is 491 g/mol. The fourth-order valence-electron chi connectivity index (χ4n) is 4.15. The summed E-state index contributed by atoms with van der Waals surface area (Å²) in [5.74, 6) is -0.723. The summed E-state index contributed by atoms with van der Waals surface area (Å²) >= 11 is 0. The first-order chi connectivity index (χ1) is 16.8. The topological polar surface area (TPSA) is 114 Å². The number of sulfonamides is 1. The third-order valence-corrected chi connectivity index (χ3v) is 7.86. The van der Waals surface area contributed by atoms with E-state index in [1.165, 1.54) is 46.8 Å². The highest BCUT2D eigenvalue weighted by atomic mass is 32.2. The van der Waals surface area contributed by atoms with E-state index in [1.807, 2.05) is 24.3 Å². The van der Waals surface area contributed by atoms with Gasteiger partial charge in [0, 0.05) is 36.2 Å². The molecule has 0 spiro atoms. The number of phenolic OH excluding ortho intramolecular Hbond substituents is 1. The van der Waals surface area contributed by atoms with Crippen LogP contribution in [0.4, 0.5) is 0 Å². The van der Waals surface area contributed by atoms with Gasteiger partial charge >= 0.3 is 11.6 Å². The Bertz CT molecular complexity index is 1590. The minimum absolute atomic E-state index is 0.0569. The normalized spacial score (nSPS) is 13.9. The minimum Gasteiger partial charge on any atom is -0.508 e. The van der Waals surface area contributed by atoms with Crippen LogP contribution in [0.15, 0.2) is 86.9 Å². The Kier molecular flexibility index (Phi) is 5.88. The average molecular weight is 492 g/mol. The van der Waals surface area contributed by atoms with Gasteiger partial charge in [-0.15, -0.1) is 0 Å². The van der Waals surface area contributed by atoms with E-state index in [0.29, 0.717) is 30.5 Å². The van der Waals surface area contributed by atoms with Gasteiger partial charge in [-0.05, 0) is 53.9 Å². The van der Waals surface area contributed by atoms with E-state index in [9.17, 15) is 23.1 Å². The van der Waals surface area contributed by atoms with Crippen LogP contribution in [0.2, 0.25) is 0 Å². The van der Waals surface area contributed by atoms with Gasteiger partial charge in [-0.1, -0.05) is 24.3 Å². The molecule has 0 fully saturated rings. The molecule has 3 aromatic carbocycles. The molecule has 0 unspecified atom stereocenters. The van der Waals surface area contributed by atoms with Crippen molar-refractivity contribution in [1.29, 1.82) is 0 Å². The van der Waals surface area contributed by atoms with E-state index in [2.05, 4.69) is 0 Å². The molecule has 1 aliphatic heterocycles. The third-order valence-electron chi connectivity index (χ3n) is 6.00. The molecule has 2 heterocycles. The van der Waals surface area contributed by atoms with Gasteiger partial charge in [0.15, 0.2) is 0 Å². The number of hydrogen-bond acceptors (Lipinski definition) is 7. The van der Waals surface area contributed by atoms with Gasteiger partial charge in [0.05, 0.1) is 10.5 Å². The maximum atomic E-state index is 13.1. The number of carbonyl (C=O) groups is 1. The molecule has 1 N–H and O–H groups in total. The summed E-state index contributed by atoms with van der Waals surface area (Å²) in [6, 6.07) is 18.9. The lowest BCUT2D eigenvalue weighted by atomic mass is 10.0. The van der Waals surface area contributed by atoms with Crippen molar-refractivity contribution in [2.45, 2.75) is 24.5 Å². The molecule has 0 bridgehead atoms. The zero-order valence-electron chi connectivity index (χ0n) is 18.5. The van der Waals surface area contributed by atoms with Crippen molar-refractivity contribution in [3.8, 4) is 5.75 Å². The standard InChI is InChI=1S/C26H21NO7S/c28-21-7-10-23-20(13-25(29)34-24(23)14-21)16-33-26(30)18-5-8-22(9-6-18)35(31,32)27-12-11-17-3-1-2-4-19(17)15-27/h1-10,13-14,28H,11-12,15-16H2. The van der Waals surface area contributed by atoms with Gasteiger partial charge in [-0.2, -0.15) is 4.31 Å². The van der Waals surface area contributed by atoms with Crippen LogP contribution in [0, 0.1) is 0 Å². The first-order valence-corrected chi connectivity index (χ1v) is 12.4. The zero-order valence-corrected chi connectivity index (χ0v) is 19.3. The molecule has 0 saturated heterocycles. The molecule has 35 heavy (non-hydrogen) atoms. The Labute approximate surface area is 201 Å². The van der Waals surface area contributed by atoms with Crippen LogP contribution < -0.4 is 5.63 Å². The molecule has 1 aliphatic rings. The molecule has 0 atom stereocenters. The van der Waals surface area contributed by atoms with Crippen LogP contribution in [-0.4, -0.2) is 30.3 Å². The molecular weight excluding hydrogens is 470 g/mol. The second kappa shape index (κ2) is 9.01. The van der Waals surface area contributed by atoms with Crippen molar-refractivity contribution in [1.82, 2.24) is 4.31 Å². The van der Waals surface area contributed by atoms with Crippen LogP contribution in [-0.2, 0) is 34.3 Å². The summed E-state index contributed by atoms with van der Waals surface area (Å²) in [6.45, 7) is 0.498. The number of nitrogens with zero attached hydrogens (tertiary/aromatic N) is 1. The van der Waals surface area contributed by atoms with E-state index < -0.39 is 21.6 Å². The minimum atomic E-state index is -3.72. The summed E-state index contributed by atoms with van der Waals surface area (Å²) in [7, 11) is -3.72. The zero-order chi connectivity index (χ0) is 24.6. The number of rotatable bonds is 5. The highest BCUT2D eigenvalue weighted by Gasteiger charge is 2.28. The lowest BCUT2D eigenvalue weighted by Crippen LogP contribution is -2.35. The summed E-state index contributed by atoms with van der Waals surface area (Å²) in [4.78, 5) is 24.5. The summed E-state index contributed by atoms with van der Waals surface area (Å²) in [6.07, 6.45) is 0.645. The molecule has 0 aliphatic carbocycles. The number of carbonyl (C=O) groups excluding carboxylic acids is 1. The summed E-state index contributed by atoms with van der Waals surface area (Å²) in [5, 5.41) is 10.1. The molecule has 9 heteroatoms. The Morgan fingerprint density at radius 2 is 1.74 bits per heavy atom. The van der Waals surface area contributed by atoms with Gasteiger partial charge in [0.2, 0.25) is 10.0 Å². The van der Waals surface area contributed by atoms with Crippen LogP contribution in [0.1, 0.15) is 27.0 Å². The molecule has 5 rings (SSSR count). The Morgan fingerprint density at radius 1 is 1.00 bits per heavy atom. The SMILES string of the molecule is O=C(OCc1cc(=O)oc2cc(O)ccc12)c1ccc(S(=O)(=O)N2CCc3ccccc3C2)cc1. The largest absolute Gasteiger partial charge is 0.508 e. The second-order valence-electron chi connectivity index (χ2n) is 8.23. The fraction of sp³-hybridized carbons (Fsp3) is 0.154. The van der Waals surface area contributed by atoms with E-state index in [0.717, 1.165) is 11.1 Å². The van der Waals surface area contributed by atoms with Crippen LogP contribution >= 0.6 is 0 Å². The van der Waals surface area contributed by atoms with Crippen molar-refractivity contribution in [2.24, 2.45) is 0 Å². The molecular formula is C26H21NO7S. The Balaban J connectivity index is 1.30. The maximum Gasteiger partial charge on any atom is 0.338 e. The number of fused-ring (bicyclic) bond motifs is 2. The molecule has 0 amide bonds. The Morgan fingerprint density at radius 3 is 2.51 bits per heavy atom. The number of ether oxygens (including phenoxy) is 1. The third kappa shape index (κ3) is 4.55. The van der Waals surface area contributed by atoms with Crippen molar-refractivity contribution in [3.63, 3.8) is 0 Å². The van der Waals surface area contributed by atoms with Crippen LogP contribution in [0.25, 0.3) is 11.0 Å². The van der Waals surface area contributed by atoms with Gasteiger partial charge < -0.3 is 14.3 Å². The number of phenols is 1. The first kappa shape index (κ1) is 22.8. The highest BCUT2D eigenvalue weighted by Crippen LogP contribution is 2.26. The number of benzene rings is 3. The van der Waals surface area contributed by atoms with Gasteiger partial charge in [-0.25, -0.2) is 18.0 Å². The van der Waals surface area contributed by atoms with Crippen molar-refractivity contribution < 1.29 is 27.5 Å². The lowest BCUT2D eigenvalue weighted by molar-refractivity contribution is 0.0473. The van der Waals surface area contributed by atoms with Crippen molar-refractivity contribution in [2.75, 3.05) is 6.54 Å². The fourth-order valence-corrected chi connectivity index (χ4v) is 5.57. The molecule has 0 saturated carbocycles. The number of hydrogen-bond donors (Lipinski definition) is 1. The van der Waals surface area contributed by atoms with E-state index in [4.69, 9.17) is 9.15 Å². The second-order valence-corrected chi connectivity index (χ2v) is 10.2. The molecule has 4 aromatic rings. The number of aromatic hydroxyl groups is 1. The molecule has 178 valence electrons. The quantitative estimate of drug-likeness (QED) is 0.335. The van der Waals surface area contributed by atoms with E-state index >= 15 is 0 Å². The number of esters is 1. The van der Waals surface area contributed by atoms with Crippen LogP contribution in [0.5, 0.6) is 5.75 Å². The maximum absolute atomic E-state index is 13.1. The van der Waals surface area contributed by atoms with E-state index in [-0.39, 0.29) is 28.4 Å². The summed E-state index contributed by atoms with van der Waals surface area (Å²) < 4.78 is 38.1. The lowest BCUT2D eigenvalue weighted by Gasteiger charge is -2.28. The Hall–Kier alpha value is -3.95. The predicted octanol–water partition coefficient (Wildman–Crippen LogP) is 3.60. The van der Waals surface area contributed by atoms with Gasteiger partial charge in [-0.3, -0.25) is 0 Å². The molecule has 8 nitrogen and oxygen atoms in total. The van der Waals surface area contributed by atoms with Gasteiger partial charge in [0.25, 0.3) is 0 Å². The van der Waals surface area contributed by atoms with Crippen molar-refractivity contribution >= 4 is 27.0 Å². The first-order valence-electron chi connectivity index (χ1n) is 10.9. The summed E-state index contributed by atoms with van der Waals surface area (Å²) in [5.41, 5.74) is 2.28. The molecule has 0 radical (unpaired) electrons. The highest BCUT2D eigenvalue weighted by molar-refractivity contribution is 7.89. The molecule has 1 aromatic heterocycles. The van der Waals surface area contributed by atoms with E-state index in [1.54, 1.807) is 6.07 Å².